The first-order chi connectivity index (χ1) is 60.3. The zero-order chi connectivity index (χ0) is 90.2. The first-order valence-electron chi connectivity index (χ1n) is 50.5. The highest BCUT2D eigenvalue weighted by molar-refractivity contribution is 7.48. The van der Waals surface area contributed by atoms with Crippen LogP contribution in [0.1, 0.15) is 439 Å². The minimum Gasteiger partial charge on any atom is -0.480 e. The molecule has 0 aromatic heterocycles. The molecule has 2 aromatic carbocycles. The van der Waals surface area contributed by atoms with Gasteiger partial charge in [0.1, 0.15) is 36.6 Å². The summed E-state index contributed by atoms with van der Waals surface area (Å²) in [5.41, 5.74) is 1.24. The van der Waals surface area contributed by atoms with Crippen molar-refractivity contribution in [3.8, 4) is 0 Å². The van der Waals surface area contributed by atoms with Gasteiger partial charge in [0.05, 0.1) is 45.7 Å². The summed E-state index contributed by atoms with van der Waals surface area (Å²) in [5, 5.41) is 17.0. The molecule has 124 heavy (non-hydrogen) atoms. The summed E-state index contributed by atoms with van der Waals surface area (Å²) in [6.45, 7) is 17.7. The number of esters is 4. The molecule has 21 nitrogen and oxygen atoms in total. The number of amides is 2. The molecule has 2 amide bonds. The molecule has 1 aliphatic rings. The third kappa shape index (κ3) is 55.7. The van der Waals surface area contributed by atoms with Gasteiger partial charge in [-0.05, 0) is 87.0 Å². The molecule has 3 N–H and O–H groups in total. The Balaban J connectivity index is 2.40. The molecule has 714 valence electrons. The first kappa shape index (κ1) is 113. The molecule has 0 unspecified atom stereocenters. The van der Waals surface area contributed by atoms with E-state index in [1.54, 1.807) is 24.3 Å². The van der Waals surface area contributed by atoms with Gasteiger partial charge in [-0.15, -0.1) is 0 Å². The SMILES string of the molecule is CCCCCCCCCCC[C@H](CC(=O)N[C@@H]1[C@@H](OC[C@H](NC(=O)C[C@@H](CCCCCCCCCCC)OC(=O)CCCCCCCCC)C(=O)O)O[C@@H](CO[Si](CC)(CC)CC)[C@H](OP(=O)(OCc2ccccc2)OCc2ccccc2)[C@H]1OC(=O)C[C@@H](CCCCCCCCCCC)OC(=O)CCCCCCCCC)OC(=O)CCCCCCCCC. The van der Waals surface area contributed by atoms with E-state index in [1.165, 1.54) is 57.8 Å². The van der Waals surface area contributed by atoms with Gasteiger partial charge in [0.25, 0.3) is 0 Å². The van der Waals surface area contributed by atoms with Gasteiger partial charge in [0.15, 0.2) is 26.8 Å². The number of nitrogens with one attached hydrogen (secondary N) is 2. The fraction of sp³-hybridized carbons (Fsp3) is 0.812. The van der Waals surface area contributed by atoms with Crippen molar-refractivity contribution in [3.05, 3.63) is 71.8 Å². The number of carbonyl (C=O) groups is 7. The average Bonchev–Trinajstić information content (AvgIpc) is 0.770. The lowest BCUT2D eigenvalue weighted by molar-refractivity contribution is -0.272. The van der Waals surface area contributed by atoms with Gasteiger partial charge in [-0.1, -0.05) is 393 Å². The average molecular weight is 1780 g/mol. The number of phosphoric acid groups is 1. The van der Waals surface area contributed by atoms with Gasteiger partial charge in [0, 0.05) is 19.3 Å². The minimum absolute atomic E-state index is 0.153. The molecule has 1 saturated heterocycles. The summed E-state index contributed by atoms with van der Waals surface area (Å²) < 4.78 is 82.7. The monoisotopic (exact) mass is 1780 g/mol. The fourth-order valence-electron chi connectivity index (χ4n) is 16.4. The number of hydrogen-bond donors (Lipinski definition) is 3. The standard InChI is InChI=1S/C101H177N2O19PSi/c1-10-19-25-31-37-40-46-49-61-71-86(117-93(106)74-64-52-43-34-28-22-13-4)77-91(104)102-89(100(110)111)82-113-101-97(103-92(105)78-87(72-62-50-47-41-38-32-26-20-11-2)118-94(107)75-65-53-44-35-29-23-14-5)99(121-96(109)79-88(73-63-51-48-42-39-33-27-21-12-3)119-95(108)76-66-54-45-36-30-24-15-6)98(90(120-101)83-116-124(16-7,17-8)18-9)122-123(112,114-80-84-67-57-55-58-68-84)115-81-85-69-59-56-60-70-85/h55-60,67-70,86-90,97-99,101H,10-54,61-66,71-83H2,1-9H3,(H,102,104)(H,103,105)(H,110,111)/t86-,87-,88-,89+,90+,97+,98+,99+,101+/m1/s1. The predicted octanol–water partition coefficient (Wildman–Crippen LogP) is 26.7. The second-order valence-electron chi connectivity index (χ2n) is 35.4. The van der Waals surface area contributed by atoms with Crippen molar-refractivity contribution in [2.45, 2.75) is 515 Å². The van der Waals surface area contributed by atoms with E-state index >= 15 is 14.2 Å². The summed E-state index contributed by atoms with van der Waals surface area (Å²) >= 11 is 0. The Morgan fingerprint density at radius 2 is 0.726 bits per heavy atom. The Kier molecular flexibility index (Phi) is 68.1. The number of carbonyl (C=O) groups excluding carboxylic acids is 6. The molecule has 0 spiro atoms. The Labute approximate surface area is 753 Å². The van der Waals surface area contributed by atoms with Crippen molar-refractivity contribution in [1.29, 1.82) is 0 Å². The maximum Gasteiger partial charge on any atom is 0.475 e. The van der Waals surface area contributed by atoms with Gasteiger partial charge < -0.3 is 48.6 Å². The number of unbranched alkanes of at least 4 members (excludes halogenated alkanes) is 42. The lowest BCUT2D eigenvalue weighted by Crippen LogP contribution is -2.67. The lowest BCUT2D eigenvalue weighted by Gasteiger charge is -2.47. The molecule has 0 aliphatic carbocycles. The topological polar surface area (TPSA) is 273 Å². The van der Waals surface area contributed by atoms with Crippen LogP contribution in [0.5, 0.6) is 0 Å². The van der Waals surface area contributed by atoms with Crippen LogP contribution in [0.15, 0.2) is 60.7 Å². The third-order valence-corrected chi connectivity index (χ3v) is 30.5. The smallest absolute Gasteiger partial charge is 0.475 e. The van der Waals surface area contributed by atoms with E-state index in [0.29, 0.717) is 87.0 Å². The molecule has 9 atom stereocenters. The zero-order valence-corrected chi connectivity index (χ0v) is 81.4. The largest absolute Gasteiger partial charge is 0.480 e. The lowest BCUT2D eigenvalue weighted by atomic mass is 9.95. The van der Waals surface area contributed by atoms with E-state index in [0.717, 1.165) is 212 Å². The maximum atomic E-state index is 16.3. The molecule has 1 fully saturated rings. The van der Waals surface area contributed by atoms with Crippen LogP contribution in [-0.4, -0.2) is 123 Å². The number of carboxylic acids is 1. The van der Waals surface area contributed by atoms with Crippen molar-refractivity contribution >= 4 is 57.8 Å². The highest BCUT2D eigenvalue weighted by Gasteiger charge is 2.54. The second-order valence-corrected chi connectivity index (χ2v) is 41.8. The number of ether oxygens (including phenoxy) is 6. The van der Waals surface area contributed by atoms with Crippen LogP contribution in [-0.2, 0) is 97.8 Å². The van der Waals surface area contributed by atoms with Gasteiger partial charge in [-0.3, -0.25) is 42.3 Å². The number of hydrogen-bond acceptors (Lipinski definition) is 18. The van der Waals surface area contributed by atoms with Crippen LogP contribution in [0, 0.1) is 0 Å². The second kappa shape index (κ2) is 74.7. The summed E-state index contributed by atoms with van der Waals surface area (Å²) in [6, 6.07) is 16.7. The number of aliphatic carboxylic acids is 1. The number of rotatable bonds is 84. The molecular formula is C101H177N2O19PSi. The Morgan fingerprint density at radius 3 is 1.06 bits per heavy atom. The highest BCUT2D eigenvalue weighted by atomic mass is 31.2. The molecular weight excluding hydrogens is 1600 g/mol. The van der Waals surface area contributed by atoms with Crippen LogP contribution in [0.2, 0.25) is 18.1 Å². The van der Waals surface area contributed by atoms with Crippen LogP contribution in [0.3, 0.4) is 0 Å². The van der Waals surface area contributed by atoms with Gasteiger partial charge >= 0.3 is 37.7 Å². The van der Waals surface area contributed by atoms with Crippen LogP contribution >= 0.6 is 7.82 Å². The molecule has 23 heteroatoms. The molecule has 1 heterocycles. The minimum atomic E-state index is -4.95. The van der Waals surface area contributed by atoms with Crippen molar-refractivity contribution in [3.63, 3.8) is 0 Å². The van der Waals surface area contributed by atoms with Crippen LogP contribution in [0.4, 0.5) is 0 Å². The van der Waals surface area contributed by atoms with Crippen LogP contribution < -0.4 is 10.6 Å². The van der Waals surface area contributed by atoms with E-state index in [9.17, 15) is 29.1 Å². The van der Waals surface area contributed by atoms with E-state index in [4.69, 9.17) is 46.4 Å². The molecule has 0 bridgehead atoms. The van der Waals surface area contributed by atoms with Crippen molar-refractivity contribution in [2.75, 3.05) is 13.2 Å². The van der Waals surface area contributed by atoms with Crippen molar-refractivity contribution < 1.29 is 89.7 Å². The summed E-state index contributed by atoms with van der Waals surface area (Å²) in [5.74, 6) is -5.04. The Morgan fingerprint density at radius 1 is 0.403 bits per heavy atom. The van der Waals surface area contributed by atoms with Crippen molar-refractivity contribution in [1.82, 2.24) is 10.6 Å². The summed E-state index contributed by atoms with van der Waals surface area (Å²) in [6.07, 6.45) is 40.1. The van der Waals surface area contributed by atoms with E-state index < -0.39 is 126 Å². The number of phosphoric ester groups is 1. The third-order valence-electron chi connectivity index (χ3n) is 24.5. The molecule has 1 aliphatic heterocycles. The van der Waals surface area contributed by atoms with Crippen LogP contribution in [0.25, 0.3) is 0 Å². The fourth-order valence-corrected chi connectivity index (χ4v) is 20.3. The molecule has 0 saturated carbocycles. The quantitative estimate of drug-likeness (QED) is 0.0182. The molecule has 3 rings (SSSR count). The van der Waals surface area contributed by atoms with Gasteiger partial charge in [0.2, 0.25) is 11.8 Å². The maximum absolute atomic E-state index is 16.3. The van der Waals surface area contributed by atoms with Gasteiger partial charge in [-0.2, -0.15) is 0 Å². The van der Waals surface area contributed by atoms with Crippen molar-refractivity contribution in [2.24, 2.45) is 0 Å². The molecule has 0 radical (unpaired) electrons. The predicted molar refractivity (Wildman–Crippen MR) is 501 cm³/mol. The van der Waals surface area contributed by atoms with E-state index in [2.05, 4.69) is 72.9 Å². The first-order valence-corrected chi connectivity index (χ1v) is 54.5. The summed E-state index contributed by atoms with van der Waals surface area (Å²) in [7, 11) is -7.61. The number of benzene rings is 2. The summed E-state index contributed by atoms with van der Waals surface area (Å²) in [4.78, 5) is 102. The number of carboxylic acid groups (broad SMARTS) is 1. The Bertz CT molecular complexity index is 2980. The van der Waals surface area contributed by atoms with E-state index in [-0.39, 0.29) is 51.9 Å². The van der Waals surface area contributed by atoms with E-state index in [1.807, 2.05) is 36.4 Å². The highest BCUT2D eigenvalue weighted by Crippen LogP contribution is 2.54. The zero-order valence-electron chi connectivity index (χ0n) is 79.5. The normalized spacial score (nSPS) is 16.4. The van der Waals surface area contributed by atoms with Gasteiger partial charge in [-0.25, -0.2) is 9.36 Å². The molecule has 2 aromatic rings. The Hall–Kier alpha value is -5.06.